The Morgan fingerprint density at radius 2 is 2.17 bits per heavy atom. The van der Waals surface area contributed by atoms with Crippen LogP contribution in [-0.2, 0) is 18.3 Å². The predicted octanol–water partition coefficient (Wildman–Crippen LogP) is -0.521. The van der Waals surface area contributed by atoms with Crippen molar-refractivity contribution in [3.63, 3.8) is 0 Å². The average molecular weight is 524 g/mol. The van der Waals surface area contributed by atoms with E-state index in [2.05, 4.69) is 24.8 Å². The van der Waals surface area contributed by atoms with Gasteiger partial charge in [0.2, 0.25) is 5.95 Å². The molecular weight excluding hydrogens is 503 g/mol. The summed E-state index contributed by atoms with van der Waals surface area (Å²) in [6, 6.07) is 8.70. The molecule has 16 heteroatoms. The van der Waals surface area contributed by atoms with Gasteiger partial charge < -0.3 is 34.8 Å². The molecule has 0 saturated carbocycles. The number of nitrogens with zero attached hydrogens (tertiary/aromatic N) is 3. The lowest BCUT2D eigenvalue weighted by molar-refractivity contribution is -0.245. The highest BCUT2D eigenvalue weighted by Gasteiger charge is 2.51. The van der Waals surface area contributed by atoms with Crippen LogP contribution in [0.4, 0.5) is 5.95 Å². The van der Waals surface area contributed by atoms with Crippen molar-refractivity contribution < 1.29 is 34.6 Å². The van der Waals surface area contributed by atoms with Crippen molar-refractivity contribution in [2.75, 3.05) is 24.6 Å². The molecule has 3 aromatic rings. The first-order valence-electron chi connectivity index (χ1n) is 10.4. The van der Waals surface area contributed by atoms with Crippen LogP contribution < -0.4 is 21.5 Å². The number of aromatic amines is 1. The third kappa shape index (κ3) is 4.71. The maximum absolute atomic E-state index is 12.4. The molecule has 2 saturated heterocycles. The number of nitrogens with one attached hydrogen (secondary N) is 2. The molecule has 186 valence electrons. The molecule has 0 radical (unpaired) electrons. The van der Waals surface area contributed by atoms with Crippen molar-refractivity contribution in [1.29, 1.82) is 0 Å². The zero-order valence-corrected chi connectivity index (χ0v) is 19.6. The summed E-state index contributed by atoms with van der Waals surface area (Å²) in [5.74, 6) is -0.0763. The van der Waals surface area contributed by atoms with Crippen LogP contribution in [0.15, 0.2) is 40.3 Å². The molecule has 4 heterocycles. The second kappa shape index (κ2) is 9.35. The van der Waals surface area contributed by atoms with Gasteiger partial charge in [-0.3, -0.25) is 23.7 Å². The minimum Gasteiger partial charge on any atom is -0.756 e. The van der Waals surface area contributed by atoms with Crippen molar-refractivity contribution in [3.05, 3.63) is 46.2 Å². The number of anilines is 1. The molecule has 5 atom stereocenters. The number of carbonyl (C=O) groups is 1. The smallest absolute Gasteiger partial charge is 0.756 e. The quantitative estimate of drug-likeness (QED) is 0.182. The van der Waals surface area contributed by atoms with Gasteiger partial charge in [-0.2, -0.15) is 4.98 Å². The summed E-state index contributed by atoms with van der Waals surface area (Å²) in [6.45, 7) is -0.0705. The van der Waals surface area contributed by atoms with Crippen LogP contribution in [0.25, 0.3) is 11.2 Å². The summed E-state index contributed by atoms with van der Waals surface area (Å²) < 4.78 is 28.5. The van der Waals surface area contributed by atoms with Gasteiger partial charge in [0, 0.05) is 17.9 Å². The normalized spacial score (nSPS) is 28.2. The number of hydrogen-bond acceptors (Lipinski definition) is 12. The lowest BCUT2D eigenvalue weighted by Crippen LogP contribution is -2.41. The van der Waals surface area contributed by atoms with E-state index in [0.29, 0.717) is 11.3 Å². The molecule has 2 aliphatic rings. The summed E-state index contributed by atoms with van der Waals surface area (Å²) in [6.07, 6.45) is -4.72. The molecule has 14 nitrogen and oxygen atoms in total. The fourth-order valence-corrected chi connectivity index (χ4v) is 5.67. The van der Waals surface area contributed by atoms with Crippen LogP contribution in [-0.4, -0.2) is 67.7 Å². The number of imidazole rings is 1. The number of hydrogen-bond donors (Lipinski definition) is 4. The number of rotatable bonds is 6. The SMILES string of the molecule is Nc1nc2c(nc(SCCNC(=O)c3ccccc3)n2[C@@H]2OC3COP(=O)([O-])O[C@H]3C2O)c(=O)[nH]1.[H+]. The molecule has 3 unspecified atom stereocenters. The Balaban J connectivity index is 0.00000304. The molecular formula is C19H21N6O8PS. The lowest BCUT2D eigenvalue weighted by Gasteiger charge is -2.34. The fraction of sp³-hybridized carbons (Fsp3) is 0.368. The van der Waals surface area contributed by atoms with E-state index in [1.54, 1.807) is 24.3 Å². The molecule has 1 amide bonds. The highest BCUT2D eigenvalue weighted by molar-refractivity contribution is 7.99. The van der Waals surface area contributed by atoms with Gasteiger partial charge in [-0.05, 0) is 12.1 Å². The van der Waals surface area contributed by atoms with Gasteiger partial charge in [0.25, 0.3) is 19.3 Å². The summed E-state index contributed by atoms with van der Waals surface area (Å²) in [5, 5.41) is 13.9. The summed E-state index contributed by atoms with van der Waals surface area (Å²) >= 11 is 1.17. The molecule has 0 bridgehead atoms. The topological polar surface area (TPSA) is 207 Å². The number of phosphoric ester groups is 1. The van der Waals surface area contributed by atoms with Crippen molar-refractivity contribution in [2.24, 2.45) is 0 Å². The van der Waals surface area contributed by atoms with Crippen LogP contribution in [0.1, 0.15) is 18.0 Å². The van der Waals surface area contributed by atoms with Gasteiger partial charge in [0.05, 0.1) is 6.61 Å². The Kier molecular flexibility index (Phi) is 6.40. The fourth-order valence-electron chi connectivity index (χ4n) is 3.85. The van der Waals surface area contributed by atoms with E-state index in [-0.39, 0.29) is 42.8 Å². The number of H-pyrrole nitrogens is 1. The first-order chi connectivity index (χ1) is 16.7. The summed E-state index contributed by atoms with van der Waals surface area (Å²) in [7, 11) is -4.58. The minimum absolute atomic E-state index is 0. The van der Waals surface area contributed by atoms with Gasteiger partial charge in [0.15, 0.2) is 22.5 Å². The third-order valence-corrected chi connectivity index (χ3v) is 7.32. The second-order valence-corrected chi connectivity index (χ2v) is 10.2. The molecule has 2 aliphatic heterocycles. The van der Waals surface area contributed by atoms with Crippen LogP contribution in [0.3, 0.4) is 0 Å². The Hall–Kier alpha value is -2.78. The van der Waals surface area contributed by atoms with Crippen LogP contribution in [0.2, 0.25) is 0 Å². The van der Waals surface area contributed by atoms with Gasteiger partial charge >= 0.3 is 1.43 Å². The molecule has 2 aromatic heterocycles. The highest BCUT2D eigenvalue weighted by Crippen LogP contribution is 2.50. The molecule has 0 spiro atoms. The van der Waals surface area contributed by atoms with Gasteiger partial charge in [0.1, 0.15) is 18.3 Å². The monoisotopic (exact) mass is 524 g/mol. The maximum Gasteiger partial charge on any atom is 1.00 e. The van der Waals surface area contributed by atoms with E-state index in [0.717, 1.165) is 0 Å². The van der Waals surface area contributed by atoms with Crippen LogP contribution >= 0.6 is 19.6 Å². The highest BCUT2D eigenvalue weighted by atomic mass is 32.2. The predicted molar refractivity (Wildman–Crippen MR) is 122 cm³/mol. The molecule has 35 heavy (non-hydrogen) atoms. The number of nitrogen functional groups attached to an aromatic ring is 1. The third-order valence-electron chi connectivity index (χ3n) is 5.40. The van der Waals surface area contributed by atoms with Gasteiger partial charge in [-0.25, -0.2) is 4.98 Å². The Morgan fingerprint density at radius 3 is 2.94 bits per heavy atom. The van der Waals surface area contributed by atoms with Crippen molar-refractivity contribution >= 4 is 42.6 Å². The number of fused-ring (bicyclic) bond motifs is 2. The number of benzene rings is 1. The Labute approximate surface area is 202 Å². The van der Waals surface area contributed by atoms with E-state index in [1.807, 2.05) is 6.07 Å². The molecule has 5 N–H and O–H groups in total. The van der Waals surface area contributed by atoms with Crippen LogP contribution in [0, 0.1) is 0 Å². The average Bonchev–Trinajstić information content (AvgIpc) is 3.33. The van der Waals surface area contributed by atoms with Gasteiger partial charge in [-0.15, -0.1) is 0 Å². The number of amides is 1. The minimum atomic E-state index is -4.58. The molecule has 1 aromatic carbocycles. The second-order valence-electron chi connectivity index (χ2n) is 7.73. The van der Waals surface area contributed by atoms with Crippen molar-refractivity contribution in [3.8, 4) is 0 Å². The zero-order valence-electron chi connectivity index (χ0n) is 18.9. The van der Waals surface area contributed by atoms with E-state index in [1.165, 1.54) is 16.3 Å². The Morgan fingerprint density at radius 1 is 1.40 bits per heavy atom. The van der Waals surface area contributed by atoms with Crippen molar-refractivity contribution in [2.45, 2.75) is 29.7 Å². The summed E-state index contributed by atoms with van der Waals surface area (Å²) in [4.78, 5) is 47.2. The number of aromatic nitrogens is 4. The van der Waals surface area contributed by atoms with E-state index in [9.17, 15) is 24.2 Å². The number of aliphatic hydroxyl groups excluding tert-OH is 1. The first-order valence-corrected chi connectivity index (χ1v) is 12.9. The van der Waals surface area contributed by atoms with Crippen molar-refractivity contribution in [1.82, 2.24) is 24.8 Å². The first kappa shape index (κ1) is 23.9. The number of carbonyl (C=O) groups excluding carboxylic acids is 1. The Bertz CT molecular complexity index is 1370. The molecule has 5 rings (SSSR count). The number of aliphatic hydroxyl groups is 1. The number of thioether (sulfide) groups is 1. The standard InChI is InChI=1S/C19H21N6O8PS/c20-18-23-14-11(16(28)24-18)22-19(35-7-6-21-15(27)9-4-2-1-3-5-9)25(14)17-12(26)13-10(32-17)8-31-34(29,30)33-13/h1-5,10,12-13,17,26H,6-8H2,(H,21,27)(H,29,30)(H3,20,23,24,28)/t10?,12?,13-,17-/m1/s1. The van der Waals surface area contributed by atoms with E-state index < -0.39 is 37.9 Å². The molecule has 0 aliphatic carbocycles. The maximum atomic E-state index is 12.4. The number of ether oxygens (including phenoxy) is 1. The van der Waals surface area contributed by atoms with Gasteiger partial charge in [-0.1, -0.05) is 30.0 Å². The van der Waals surface area contributed by atoms with Crippen LogP contribution in [0.5, 0.6) is 0 Å². The lowest BCUT2D eigenvalue weighted by atomic mass is 10.1. The summed E-state index contributed by atoms with van der Waals surface area (Å²) in [5.41, 5.74) is 5.61. The van der Waals surface area contributed by atoms with E-state index in [4.69, 9.17) is 15.0 Å². The largest absolute Gasteiger partial charge is 1.00 e. The number of phosphoric acid groups is 1. The molecule has 2 fully saturated rings. The van der Waals surface area contributed by atoms with E-state index >= 15 is 0 Å². The number of nitrogens with two attached hydrogens (primary N) is 1. The zero-order chi connectivity index (χ0) is 24.7.